The van der Waals surface area contributed by atoms with Crippen molar-refractivity contribution in [3.8, 4) is 0 Å². The van der Waals surface area contributed by atoms with Crippen LogP contribution in [0.2, 0.25) is 0 Å². The minimum atomic E-state index is -0.864. The smallest absolute Gasteiger partial charge is 0.313 e. The number of carboxylic acid groups (broad SMARTS) is 1. The zero-order chi connectivity index (χ0) is 12.9. The normalized spacial score (nSPS) is 10.2. The van der Waals surface area contributed by atoms with Crippen molar-refractivity contribution >= 4 is 34.3 Å². The van der Waals surface area contributed by atoms with Crippen LogP contribution in [0, 0.1) is 0 Å². The van der Waals surface area contributed by atoms with Gasteiger partial charge in [0.15, 0.2) is 0 Å². The Bertz CT molecular complexity index is 220. The number of thioether (sulfide) groups is 1. The van der Waals surface area contributed by atoms with Gasteiger partial charge in [-0.1, -0.05) is 57.2 Å². The van der Waals surface area contributed by atoms with Gasteiger partial charge in [-0.15, -0.1) is 0 Å². The molecule has 0 aliphatic carbocycles. The lowest BCUT2D eigenvalue weighted by molar-refractivity contribution is -0.133. The number of carboxylic acids is 1. The summed E-state index contributed by atoms with van der Waals surface area (Å²) in [5.41, 5.74) is 0. The number of rotatable bonds is 10. The topological polar surface area (TPSA) is 46.5 Å². The summed E-state index contributed by atoms with van der Waals surface area (Å²) in [5, 5.41) is 8.44. The molecule has 0 rings (SSSR count). The number of ether oxygens (including phenoxy) is 1. The molecule has 0 aliphatic heterocycles. The van der Waals surface area contributed by atoms with E-state index in [9.17, 15) is 4.79 Å². The van der Waals surface area contributed by atoms with Gasteiger partial charge < -0.3 is 9.84 Å². The summed E-state index contributed by atoms with van der Waals surface area (Å²) in [6.45, 7) is 2.82. The van der Waals surface area contributed by atoms with Crippen molar-refractivity contribution in [3.05, 3.63) is 0 Å². The van der Waals surface area contributed by atoms with Crippen LogP contribution >= 0.6 is 24.0 Å². The Hall–Kier alpha value is -0.290. The molecule has 0 fully saturated rings. The first kappa shape index (κ1) is 16.7. The summed E-state index contributed by atoms with van der Waals surface area (Å²) in [5.74, 6) is -0.882. The molecule has 0 unspecified atom stereocenters. The Morgan fingerprint density at radius 3 is 2.35 bits per heavy atom. The quantitative estimate of drug-likeness (QED) is 0.486. The first-order chi connectivity index (χ1) is 8.16. The zero-order valence-electron chi connectivity index (χ0n) is 10.4. The molecule has 5 heteroatoms. The molecule has 3 nitrogen and oxygen atoms in total. The molecular weight excluding hydrogens is 256 g/mol. The summed E-state index contributed by atoms with van der Waals surface area (Å²) >= 11 is 5.95. The molecule has 0 bridgehead atoms. The van der Waals surface area contributed by atoms with E-state index in [-0.39, 0.29) is 5.75 Å². The van der Waals surface area contributed by atoms with Crippen LogP contribution in [-0.2, 0) is 9.53 Å². The average Bonchev–Trinajstić information content (AvgIpc) is 2.30. The average molecular weight is 278 g/mol. The van der Waals surface area contributed by atoms with E-state index in [0.717, 1.165) is 24.6 Å². The maximum absolute atomic E-state index is 10.3. The third kappa shape index (κ3) is 13.6. The number of carbonyl (C=O) groups is 1. The molecule has 0 spiro atoms. The van der Waals surface area contributed by atoms with Crippen LogP contribution in [0.4, 0.5) is 0 Å². The zero-order valence-corrected chi connectivity index (χ0v) is 12.1. The molecule has 0 saturated carbocycles. The van der Waals surface area contributed by atoms with Gasteiger partial charge in [0.25, 0.3) is 0 Å². The minimum absolute atomic E-state index is 0.0180. The van der Waals surface area contributed by atoms with Crippen LogP contribution in [-0.4, -0.2) is 27.8 Å². The fourth-order valence-corrected chi connectivity index (χ4v) is 2.05. The van der Waals surface area contributed by atoms with E-state index in [2.05, 4.69) is 6.92 Å². The van der Waals surface area contributed by atoms with Gasteiger partial charge in [-0.25, -0.2) is 0 Å². The molecule has 0 amide bonds. The molecule has 17 heavy (non-hydrogen) atoms. The van der Waals surface area contributed by atoms with E-state index in [1.807, 2.05) is 0 Å². The van der Waals surface area contributed by atoms with E-state index >= 15 is 0 Å². The summed E-state index contributed by atoms with van der Waals surface area (Å²) in [4.78, 5) is 10.3. The monoisotopic (exact) mass is 278 g/mol. The molecule has 0 heterocycles. The molecule has 0 aromatic carbocycles. The number of hydrogen-bond donors (Lipinski definition) is 1. The molecule has 0 atom stereocenters. The van der Waals surface area contributed by atoms with Crippen LogP contribution in [0.5, 0.6) is 0 Å². The van der Waals surface area contributed by atoms with Crippen molar-refractivity contribution in [2.45, 2.75) is 51.9 Å². The van der Waals surface area contributed by atoms with E-state index in [4.69, 9.17) is 22.1 Å². The van der Waals surface area contributed by atoms with Crippen molar-refractivity contribution in [2.75, 3.05) is 12.4 Å². The summed E-state index contributed by atoms with van der Waals surface area (Å²) in [7, 11) is 0. The lowest BCUT2D eigenvalue weighted by atomic mass is 10.1. The Morgan fingerprint density at radius 1 is 1.18 bits per heavy atom. The van der Waals surface area contributed by atoms with Gasteiger partial charge >= 0.3 is 5.97 Å². The van der Waals surface area contributed by atoms with Crippen molar-refractivity contribution in [1.29, 1.82) is 0 Å². The highest BCUT2D eigenvalue weighted by atomic mass is 32.2. The highest BCUT2D eigenvalue weighted by Crippen LogP contribution is 2.09. The maximum Gasteiger partial charge on any atom is 0.313 e. The molecule has 0 radical (unpaired) electrons. The van der Waals surface area contributed by atoms with Gasteiger partial charge in [-0.3, -0.25) is 4.79 Å². The van der Waals surface area contributed by atoms with E-state index in [1.165, 1.54) is 32.1 Å². The third-order valence-electron chi connectivity index (χ3n) is 2.28. The minimum Gasteiger partial charge on any atom is -0.481 e. The van der Waals surface area contributed by atoms with Crippen LogP contribution in [0.25, 0.3) is 0 Å². The van der Waals surface area contributed by atoms with E-state index in [0.29, 0.717) is 11.0 Å². The Balaban J connectivity index is 3.16. The molecular formula is C12H22O3S2. The molecule has 1 N–H and O–H groups in total. The summed E-state index contributed by atoms with van der Waals surface area (Å²) in [6.07, 6.45) is 8.63. The lowest BCUT2D eigenvalue weighted by Gasteiger charge is -2.05. The lowest BCUT2D eigenvalue weighted by Crippen LogP contribution is -2.05. The molecule has 0 saturated heterocycles. The number of unbranched alkanes of at least 4 members (excludes halogenated alkanes) is 6. The predicted molar refractivity (Wildman–Crippen MR) is 76.6 cm³/mol. The van der Waals surface area contributed by atoms with Crippen LogP contribution < -0.4 is 0 Å². The Morgan fingerprint density at radius 2 is 1.76 bits per heavy atom. The van der Waals surface area contributed by atoms with Gasteiger partial charge in [0.05, 0.1) is 12.4 Å². The van der Waals surface area contributed by atoms with Crippen LogP contribution in [0.15, 0.2) is 0 Å². The highest BCUT2D eigenvalue weighted by Gasteiger charge is 2.02. The predicted octanol–water partition coefficient (Wildman–Crippen LogP) is 3.86. The second-order valence-corrected chi connectivity index (χ2v) is 5.48. The first-order valence-corrected chi connectivity index (χ1v) is 7.57. The second-order valence-electron chi connectivity index (χ2n) is 3.90. The fraction of sp³-hybridized carbons (Fsp3) is 0.833. The van der Waals surface area contributed by atoms with E-state index < -0.39 is 5.97 Å². The largest absolute Gasteiger partial charge is 0.481 e. The van der Waals surface area contributed by atoms with Gasteiger partial charge in [-0.2, -0.15) is 0 Å². The standard InChI is InChI=1S/C12H22O3S2/c1-2-3-4-5-6-7-8-9-15-12(16)17-10-11(13)14/h2-10H2,1H3,(H,13,14). The highest BCUT2D eigenvalue weighted by molar-refractivity contribution is 8.23. The number of thiocarbonyl (C=S) groups is 1. The van der Waals surface area contributed by atoms with Gasteiger partial charge in [0.2, 0.25) is 4.38 Å². The Kier molecular flexibility index (Phi) is 12.0. The van der Waals surface area contributed by atoms with Crippen LogP contribution in [0.3, 0.4) is 0 Å². The molecule has 0 aromatic heterocycles. The molecule has 100 valence electrons. The van der Waals surface area contributed by atoms with Crippen LogP contribution in [0.1, 0.15) is 51.9 Å². The maximum atomic E-state index is 10.3. The second kappa shape index (κ2) is 12.2. The third-order valence-corrected chi connectivity index (χ3v) is 3.50. The van der Waals surface area contributed by atoms with Gasteiger partial charge in [-0.05, 0) is 18.6 Å². The van der Waals surface area contributed by atoms with Gasteiger partial charge in [0.1, 0.15) is 0 Å². The summed E-state index contributed by atoms with van der Waals surface area (Å²) < 4.78 is 5.60. The van der Waals surface area contributed by atoms with E-state index in [1.54, 1.807) is 0 Å². The van der Waals surface area contributed by atoms with Crippen molar-refractivity contribution in [2.24, 2.45) is 0 Å². The summed E-state index contributed by atoms with van der Waals surface area (Å²) in [6, 6.07) is 0. The number of aliphatic carboxylic acids is 1. The van der Waals surface area contributed by atoms with Crippen molar-refractivity contribution in [1.82, 2.24) is 0 Å². The fourth-order valence-electron chi connectivity index (χ4n) is 1.38. The van der Waals surface area contributed by atoms with Crippen molar-refractivity contribution in [3.63, 3.8) is 0 Å². The van der Waals surface area contributed by atoms with Gasteiger partial charge in [0, 0.05) is 0 Å². The van der Waals surface area contributed by atoms with Crippen molar-refractivity contribution < 1.29 is 14.6 Å². The Labute approximate surface area is 113 Å². The first-order valence-electron chi connectivity index (χ1n) is 6.18. The number of hydrogen-bond acceptors (Lipinski definition) is 4. The molecule has 0 aliphatic rings. The SMILES string of the molecule is CCCCCCCCCOC(=S)SCC(=O)O. The molecule has 0 aromatic rings.